The molecule has 2 aliphatic rings. The van der Waals surface area contributed by atoms with Gasteiger partial charge in [0, 0.05) is 5.56 Å². The molecule has 0 spiro atoms. The SMILES string of the molecule is O=C(Cc1ccccc1)NCC(=O)N1CC[NH+](Cc2ccc3c(c2)OCO3)CC1. The van der Waals surface area contributed by atoms with Crippen molar-refractivity contribution >= 4 is 11.8 Å². The van der Waals surface area contributed by atoms with Crippen LogP contribution in [0.3, 0.4) is 0 Å². The predicted octanol–water partition coefficient (Wildman–Crippen LogP) is 0.00130. The molecule has 0 aromatic heterocycles. The Morgan fingerprint density at radius 1 is 0.966 bits per heavy atom. The van der Waals surface area contributed by atoms with E-state index in [2.05, 4.69) is 11.4 Å². The highest BCUT2D eigenvalue weighted by molar-refractivity contribution is 5.85. The Bertz CT molecular complexity index is 864. The normalized spacial score (nSPS) is 15.9. The van der Waals surface area contributed by atoms with E-state index in [9.17, 15) is 9.59 Å². The fraction of sp³-hybridized carbons (Fsp3) is 0.364. The maximum absolute atomic E-state index is 12.4. The summed E-state index contributed by atoms with van der Waals surface area (Å²) in [6.07, 6.45) is 0.293. The van der Waals surface area contributed by atoms with Gasteiger partial charge in [0.1, 0.15) is 6.54 Å². The molecule has 152 valence electrons. The number of hydrogen-bond donors (Lipinski definition) is 2. The van der Waals surface area contributed by atoms with Crippen LogP contribution in [0.1, 0.15) is 11.1 Å². The van der Waals surface area contributed by atoms with Gasteiger partial charge in [0.15, 0.2) is 11.5 Å². The van der Waals surface area contributed by atoms with Crippen LogP contribution in [-0.4, -0.2) is 56.2 Å². The summed E-state index contributed by atoms with van der Waals surface area (Å²) in [5, 5.41) is 2.74. The summed E-state index contributed by atoms with van der Waals surface area (Å²) in [4.78, 5) is 27.7. The van der Waals surface area contributed by atoms with Crippen LogP contribution in [0.5, 0.6) is 11.5 Å². The third kappa shape index (κ3) is 5.06. The number of hydrogen-bond acceptors (Lipinski definition) is 4. The first-order chi connectivity index (χ1) is 14.2. The van der Waals surface area contributed by atoms with Gasteiger partial charge in [-0.25, -0.2) is 0 Å². The maximum atomic E-state index is 12.4. The van der Waals surface area contributed by atoms with E-state index < -0.39 is 0 Å². The molecular formula is C22H26N3O4+. The van der Waals surface area contributed by atoms with Crippen molar-refractivity contribution in [3.8, 4) is 11.5 Å². The van der Waals surface area contributed by atoms with Crippen molar-refractivity contribution < 1.29 is 24.0 Å². The Hall–Kier alpha value is -3.06. The summed E-state index contributed by atoms with van der Waals surface area (Å²) in [5.41, 5.74) is 2.15. The highest BCUT2D eigenvalue weighted by Crippen LogP contribution is 2.32. The summed E-state index contributed by atoms with van der Waals surface area (Å²) in [7, 11) is 0. The summed E-state index contributed by atoms with van der Waals surface area (Å²) >= 11 is 0. The van der Waals surface area contributed by atoms with E-state index in [0.29, 0.717) is 19.5 Å². The van der Waals surface area contributed by atoms with Gasteiger partial charge < -0.3 is 24.6 Å². The molecule has 2 amide bonds. The molecule has 0 aliphatic carbocycles. The first kappa shape index (κ1) is 19.3. The largest absolute Gasteiger partial charge is 0.454 e. The number of carbonyl (C=O) groups is 2. The molecular weight excluding hydrogens is 370 g/mol. The summed E-state index contributed by atoms with van der Waals surface area (Å²) < 4.78 is 10.8. The van der Waals surface area contributed by atoms with Crippen LogP contribution in [0.2, 0.25) is 0 Å². The van der Waals surface area contributed by atoms with E-state index in [0.717, 1.165) is 36.7 Å². The van der Waals surface area contributed by atoms with Crippen molar-refractivity contribution in [3.05, 3.63) is 59.7 Å². The number of ether oxygens (including phenoxy) is 2. The van der Waals surface area contributed by atoms with Crippen LogP contribution in [0.25, 0.3) is 0 Å². The molecule has 1 fully saturated rings. The van der Waals surface area contributed by atoms with Crippen LogP contribution in [0.15, 0.2) is 48.5 Å². The number of rotatable bonds is 6. The van der Waals surface area contributed by atoms with Gasteiger partial charge in [-0.15, -0.1) is 0 Å². The molecule has 1 saturated heterocycles. The van der Waals surface area contributed by atoms with Crippen LogP contribution in [0.4, 0.5) is 0 Å². The van der Waals surface area contributed by atoms with Gasteiger partial charge in [-0.1, -0.05) is 30.3 Å². The number of benzene rings is 2. The lowest BCUT2D eigenvalue weighted by Crippen LogP contribution is -3.13. The third-order valence-corrected chi connectivity index (χ3v) is 5.36. The number of quaternary nitrogens is 1. The second-order valence-electron chi connectivity index (χ2n) is 7.43. The smallest absolute Gasteiger partial charge is 0.242 e. The van der Waals surface area contributed by atoms with Gasteiger partial charge in [-0.2, -0.15) is 0 Å². The third-order valence-electron chi connectivity index (χ3n) is 5.36. The van der Waals surface area contributed by atoms with E-state index in [-0.39, 0.29) is 25.2 Å². The van der Waals surface area contributed by atoms with Crippen molar-refractivity contribution in [2.24, 2.45) is 0 Å². The molecule has 2 aliphatic heterocycles. The van der Waals surface area contributed by atoms with E-state index in [4.69, 9.17) is 9.47 Å². The fourth-order valence-electron chi connectivity index (χ4n) is 3.72. The first-order valence-corrected chi connectivity index (χ1v) is 9.98. The zero-order chi connectivity index (χ0) is 20.1. The van der Waals surface area contributed by atoms with E-state index in [1.165, 1.54) is 10.5 Å². The maximum Gasteiger partial charge on any atom is 0.242 e. The Morgan fingerprint density at radius 3 is 2.52 bits per heavy atom. The lowest BCUT2D eigenvalue weighted by Gasteiger charge is -2.32. The van der Waals surface area contributed by atoms with Crippen molar-refractivity contribution in [1.82, 2.24) is 10.2 Å². The van der Waals surface area contributed by atoms with Crippen molar-refractivity contribution in [3.63, 3.8) is 0 Å². The zero-order valence-corrected chi connectivity index (χ0v) is 16.4. The minimum absolute atomic E-state index is 0.0199. The van der Waals surface area contributed by atoms with Crippen molar-refractivity contribution in [2.45, 2.75) is 13.0 Å². The molecule has 7 heteroatoms. The average molecular weight is 396 g/mol. The quantitative estimate of drug-likeness (QED) is 0.721. The molecule has 2 N–H and O–H groups in total. The standard InChI is InChI=1S/C22H25N3O4/c26-21(13-17-4-2-1-3-5-17)23-14-22(27)25-10-8-24(9-11-25)15-18-6-7-19-20(12-18)29-16-28-19/h1-7,12H,8-11,13-16H2,(H,23,26)/p+1. The topological polar surface area (TPSA) is 72.3 Å². The predicted molar refractivity (Wildman–Crippen MR) is 107 cm³/mol. The number of fused-ring (bicyclic) bond motifs is 1. The van der Waals surface area contributed by atoms with Crippen molar-refractivity contribution in [1.29, 1.82) is 0 Å². The lowest BCUT2D eigenvalue weighted by molar-refractivity contribution is -0.917. The second-order valence-corrected chi connectivity index (χ2v) is 7.43. The Kier molecular flexibility index (Phi) is 5.95. The van der Waals surface area contributed by atoms with Crippen LogP contribution in [0, 0.1) is 0 Å². The molecule has 0 bridgehead atoms. The average Bonchev–Trinajstić information content (AvgIpc) is 3.21. The molecule has 0 radical (unpaired) electrons. The van der Waals surface area contributed by atoms with E-state index >= 15 is 0 Å². The Labute approximate surface area is 170 Å². The van der Waals surface area contributed by atoms with Gasteiger partial charge in [-0.05, 0) is 23.8 Å². The number of amides is 2. The first-order valence-electron chi connectivity index (χ1n) is 9.98. The molecule has 4 rings (SSSR count). The highest BCUT2D eigenvalue weighted by Gasteiger charge is 2.24. The molecule has 0 saturated carbocycles. The van der Waals surface area contributed by atoms with Crippen LogP contribution in [-0.2, 0) is 22.6 Å². The molecule has 2 aromatic rings. The molecule has 7 nitrogen and oxygen atoms in total. The van der Waals surface area contributed by atoms with E-state index in [1.54, 1.807) is 0 Å². The molecule has 0 atom stereocenters. The number of carbonyl (C=O) groups excluding carboxylic acids is 2. The monoisotopic (exact) mass is 396 g/mol. The second kappa shape index (κ2) is 8.96. The van der Waals surface area contributed by atoms with Gasteiger partial charge in [0.05, 0.1) is 39.1 Å². The molecule has 29 heavy (non-hydrogen) atoms. The van der Waals surface area contributed by atoms with Crippen molar-refractivity contribution in [2.75, 3.05) is 39.5 Å². The van der Waals surface area contributed by atoms with E-state index in [1.807, 2.05) is 47.4 Å². The molecule has 2 aromatic carbocycles. The Morgan fingerprint density at radius 2 is 1.72 bits per heavy atom. The number of nitrogens with zero attached hydrogens (tertiary/aromatic N) is 1. The minimum atomic E-state index is -0.128. The zero-order valence-electron chi connectivity index (χ0n) is 16.4. The van der Waals surface area contributed by atoms with Gasteiger partial charge in [-0.3, -0.25) is 9.59 Å². The fourth-order valence-corrected chi connectivity index (χ4v) is 3.72. The minimum Gasteiger partial charge on any atom is -0.454 e. The van der Waals surface area contributed by atoms with Gasteiger partial charge >= 0.3 is 0 Å². The molecule has 0 unspecified atom stereocenters. The molecule has 2 heterocycles. The number of nitrogens with one attached hydrogen (secondary N) is 2. The summed E-state index contributed by atoms with van der Waals surface area (Å²) in [6.45, 7) is 4.42. The lowest BCUT2D eigenvalue weighted by atomic mass is 10.1. The van der Waals surface area contributed by atoms with Gasteiger partial charge in [0.2, 0.25) is 18.6 Å². The summed E-state index contributed by atoms with van der Waals surface area (Å²) in [5.74, 6) is 1.46. The Balaban J connectivity index is 1.19. The van der Waals surface area contributed by atoms with Gasteiger partial charge in [0.25, 0.3) is 0 Å². The summed E-state index contributed by atoms with van der Waals surface area (Å²) in [6, 6.07) is 15.6. The number of piperazine rings is 1. The van der Waals surface area contributed by atoms with Crippen LogP contribution < -0.4 is 19.7 Å². The van der Waals surface area contributed by atoms with Crippen LogP contribution >= 0.6 is 0 Å². The highest BCUT2D eigenvalue weighted by atomic mass is 16.7.